The number of H-pyrrole nitrogens is 1. The number of aromatic nitrogens is 1. The van der Waals surface area contributed by atoms with E-state index in [0.717, 1.165) is 29.5 Å². The molecule has 2 aromatic rings. The van der Waals surface area contributed by atoms with Crippen LogP contribution in [-0.4, -0.2) is 48.6 Å². The average molecular weight is 330 g/mol. The van der Waals surface area contributed by atoms with Crippen LogP contribution in [0, 0.1) is 5.92 Å². The summed E-state index contributed by atoms with van der Waals surface area (Å²) in [5, 5.41) is 0.957. The molecule has 1 atom stereocenters. The number of ether oxygens (including phenoxy) is 2. The molecule has 1 aliphatic rings. The molecule has 1 fully saturated rings. The maximum absolute atomic E-state index is 12.8. The predicted molar refractivity (Wildman–Crippen MR) is 90.1 cm³/mol. The molecule has 0 saturated carbocycles. The van der Waals surface area contributed by atoms with Gasteiger partial charge < -0.3 is 19.4 Å². The van der Waals surface area contributed by atoms with Gasteiger partial charge in [0.1, 0.15) is 11.4 Å². The Morgan fingerprint density at radius 3 is 2.92 bits per heavy atom. The van der Waals surface area contributed by atoms with Crippen molar-refractivity contribution in [3.8, 4) is 5.75 Å². The van der Waals surface area contributed by atoms with Crippen molar-refractivity contribution in [3.05, 3.63) is 30.0 Å². The number of fused-ring (bicyclic) bond motifs is 1. The molecular formula is C18H22N2O4. The predicted octanol–water partition coefficient (Wildman–Crippen LogP) is 2.59. The normalized spacial score (nSPS) is 17.8. The van der Waals surface area contributed by atoms with Gasteiger partial charge in [0.2, 0.25) is 0 Å². The highest BCUT2D eigenvalue weighted by Gasteiger charge is 2.30. The second kappa shape index (κ2) is 6.95. The molecule has 2 heterocycles. The molecule has 24 heavy (non-hydrogen) atoms. The number of benzene rings is 1. The number of likely N-dealkylation sites (tertiary alicyclic amines) is 1. The Hall–Kier alpha value is -2.50. The summed E-state index contributed by atoms with van der Waals surface area (Å²) in [4.78, 5) is 29.6. The van der Waals surface area contributed by atoms with E-state index in [1.165, 1.54) is 0 Å². The molecule has 0 radical (unpaired) electrons. The molecule has 3 rings (SSSR count). The lowest BCUT2D eigenvalue weighted by molar-refractivity contribution is -0.149. The summed E-state index contributed by atoms with van der Waals surface area (Å²) in [6, 6.07) is 7.48. The number of hydrogen-bond donors (Lipinski definition) is 1. The van der Waals surface area contributed by atoms with E-state index in [1.807, 2.05) is 24.3 Å². The molecule has 0 unspecified atom stereocenters. The molecule has 6 heteroatoms. The van der Waals surface area contributed by atoms with Crippen molar-refractivity contribution in [1.29, 1.82) is 0 Å². The summed E-state index contributed by atoms with van der Waals surface area (Å²) in [7, 11) is 1.61. The minimum Gasteiger partial charge on any atom is -0.497 e. The van der Waals surface area contributed by atoms with Gasteiger partial charge in [-0.2, -0.15) is 0 Å². The largest absolute Gasteiger partial charge is 0.497 e. The van der Waals surface area contributed by atoms with E-state index in [2.05, 4.69) is 4.98 Å². The number of carbonyl (C=O) groups is 2. The van der Waals surface area contributed by atoms with Crippen molar-refractivity contribution < 1.29 is 19.1 Å². The van der Waals surface area contributed by atoms with E-state index in [9.17, 15) is 9.59 Å². The average Bonchev–Trinajstić information content (AvgIpc) is 3.04. The van der Waals surface area contributed by atoms with E-state index in [1.54, 1.807) is 18.9 Å². The molecule has 6 nitrogen and oxygen atoms in total. The van der Waals surface area contributed by atoms with Crippen molar-refractivity contribution in [1.82, 2.24) is 9.88 Å². The molecule has 1 aromatic carbocycles. The third-order valence-corrected chi connectivity index (χ3v) is 4.39. The first kappa shape index (κ1) is 16.4. The second-order valence-corrected chi connectivity index (χ2v) is 5.98. The van der Waals surface area contributed by atoms with E-state index < -0.39 is 0 Å². The third-order valence-electron chi connectivity index (χ3n) is 4.39. The lowest BCUT2D eigenvalue weighted by atomic mass is 9.98. The van der Waals surface area contributed by atoms with Gasteiger partial charge in [-0.3, -0.25) is 9.59 Å². The molecule has 0 aliphatic carbocycles. The minimum absolute atomic E-state index is 0.0841. The van der Waals surface area contributed by atoms with E-state index in [4.69, 9.17) is 9.47 Å². The van der Waals surface area contributed by atoms with Gasteiger partial charge in [0.05, 0.1) is 19.6 Å². The number of methoxy groups -OCH3 is 1. The number of aromatic amines is 1. The van der Waals surface area contributed by atoms with Crippen LogP contribution >= 0.6 is 0 Å². The van der Waals surface area contributed by atoms with Crippen LogP contribution in [-0.2, 0) is 9.53 Å². The third kappa shape index (κ3) is 3.22. The van der Waals surface area contributed by atoms with Crippen LogP contribution in [0.4, 0.5) is 0 Å². The van der Waals surface area contributed by atoms with Gasteiger partial charge in [0.25, 0.3) is 5.91 Å². The number of nitrogens with one attached hydrogen (secondary N) is 1. The van der Waals surface area contributed by atoms with Crippen LogP contribution in [0.5, 0.6) is 5.75 Å². The SMILES string of the molecule is CCOC(=O)[C@@H]1CCCN(C(=O)c2cc3ccc(OC)cc3[nH]2)C1. The quantitative estimate of drug-likeness (QED) is 0.875. The number of rotatable bonds is 4. The number of esters is 1. The zero-order chi connectivity index (χ0) is 17.1. The van der Waals surface area contributed by atoms with Gasteiger partial charge in [-0.25, -0.2) is 0 Å². The van der Waals surface area contributed by atoms with Crippen LogP contribution in [0.25, 0.3) is 10.9 Å². The molecule has 0 spiro atoms. The van der Waals surface area contributed by atoms with E-state index >= 15 is 0 Å². The van der Waals surface area contributed by atoms with Gasteiger partial charge >= 0.3 is 5.97 Å². The maximum atomic E-state index is 12.8. The zero-order valence-corrected chi connectivity index (χ0v) is 14.0. The summed E-state index contributed by atoms with van der Waals surface area (Å²) in [6.45, 7) is 3.24. The molecule has 1 aromatic heterocycles. The summed E-state index contributed by atoms with van der Waals surface area (Å²) in [5.74, 6) is 0.214. The molecule has 1 saturated heterocycles. The van der Waals surface area contributed by atoms with Crippen LogP contribution in [0.1, 0.15) is 30.3 Å². The van der Waals surface area contributed by atoms with Crippen LogP contribution in [0.15, 0.2) is 24.3 Å². The molecule has 1 amide bonds. The van der Waals surface area contributed by atoms with Crippen LogP contribution < -0.4 is 4.74 Å². The first-order chi connectivity index (χ1) is 11.6. The highest BCUT2D eigenvalue weighted by Crippen LogP contribution is 2.24. The Bertz CT molecular complexity index is 753. The maximum Gasteiger partial charge on any atom is 0.310 e. The first-order valence-corrected chi connectivity index (χ1v) is 8.25. The molecule has 1 N–H and O–H groups in total. The van der Waals surface area contributed by atoms with Gasteiger partial charge in [0, 0.05) is 30.1 Å². The van der Waals surface area contributed by atoms with E-state index in [-0.39, 0.29) is 17.8 Å². The fourth-order valence-electron chi connectivity index (χ4n) is 3.13. The highest BCUT2D eigenvalue weighted by molar-refractivity contribution is 5.98. The fourth-order valence-corrected chi connectivity index (χ4v) is 3.13. The number of amides is 1. The van der Waals surface area contributed by atoms with Gasteiger partial charge in [-0.15, -0.1) is 0 Å². The minimum atomic E-state index is -0.230. The number of hydrogen-bond acceptors (Lipinski definition) is 4. The lowest BCUT2D eigenvalue weighted by Crippen LogP contribution is -2.42. The van der Waals surface area contributed by atoms with Gasteiger partial charge in [-0.05, 0) is 38.0 Å². The number of carbonyl (C=O) groups excluding carboxylic acids is 2. The summed E-state index contributed by atoms with van der Waals surface area (Å²) in [6.07, 6.45) is 1.58. The van der Waals surface area contributed by atoms with E-state index in [0.29, 0.717) is 25.4 Å². The van der Waals surface area contributed by atoms with Crippen molar-refractivity contribution in [2.75, 3.05) is 26.8 Å². The smallest absolute Gasteiger partial charge is 0.310 e. The summed E-state index contributed by atoms with van der Waals surface area (Å²) >= 11 is 0. The van der Waals surface area contributed by atoms with Crippen molar-refractivity contribution in [3.63, 3.8) is 0 Å². The molecule has 128 valence electrons. The Kier molecular flexibility index (Phi) is 4.74. The summed E-state index contributed by atoms with van der Waals surface area (Å²) in [5.41, 5.74) is 1.39. The number of nitrogens with zero attached hydrogens (tertiary/aromatic N) is 1. The fraction of sp³-hybridized carbons (Fsp3) is 0.444. The topological polar surface area (TPSA) is 71.6 Å². The molecular weight excluding hydrogens is 308 g/mol. The Morgan fingerprint density at radius 2 is 2.17 bits per heavy atom. The molecule has 0 bridgehead atoms. The standard InChI is InChI=1S/C18H22N2O4/c1-3-24-18(22)13-5-4-8-20(11-13)17(21)16-9-12-6-7-14(23-2)10-15(12)19-16/h6-7,9-10,13,19H,3-5,8,11H2,1-2H3/t13-/m1/s1. The van der Waals surface area contributed by atoms with Crippen molar-refractivity contribution >= 4 is 22.8 Å². The zero-order valence-electron chi connectivity index (χ0n) is 14.0. The van der Waals surface area contributed by atoms with Crippen LogP contribution in [0.3, 0.4) is 0 Å². The van der Waals surface area contributed by atoms with Crippen LogP contribution in [0.2, 0.25) is 0 Å². The van der Waals surface area contributed by atoms with Gasteiger partial charge in [0.15, 0.2) is 0 Å². The highest BCUT2D eigenvalue weighted by atomic mass is 16.5. The summed E-state index contributed by atoms with van der Waals surface area (Å²) < 4.78 is 10.3. The monoisotopic (exact) mass is 330 g/mol. The Labute approximate surface area is 140 Å². The Balaban J connectivity index is 1.77. The number of piperidine rings is 1. The van der Waals surface area contributed by atoms with Gasteiger partial charge in [-0.1, -0.05) is 0 Å². The second-order valence-electron chi connectivity index (χ2n) is 5.98. The lowest BCUT2D eigenvalue weighted by Gasteiger charge is -2.31. The molecule has 1 aliphatic heterocycles. The van der Waals surface area contributed by atoms with Crippen molar-refractivity contribution in [2.24, 2.45) is 5.92 Å². The van der Waals surface area contributed by atoms with Crippen molar-refractivity contribution in [2.45, 2.75) is 19.8 Å². The first-order valence-electron chi connectivity index (χ1n) is 8.25. The Morgan fingerprint density at radius 1 is 1.33 bits per heavy atom.